The van der Waals surface area contributed by atoms with E-state index in [1.165, 1.54) is 148 Å². The van der Waals surface area contributed by atoms with E-state index in [1.807, 2.05) is 6.08 Å². The van der Waals surface area contributed by atoms with Crippen molar-refractivity contribution in [2.45, 2.75) is 375 Å². The Morgan fingerprint density at radius 3 is 1.13 bits per heavy atom. The molecule has 1 amide bonds. The Morgan fingerprint density at radius 2 is 0.707 bits per heavy atom. The highest BCUT2D eigenvalue weighted by Crippen LogP contribution is 2.33. The minimum absolute atomic E-state index is 0.219. The summed E-state index contributed by atoms with van der Waals surface area (Å²) >= 11 is 0. The molecule has 0 spiro atoms. The molecule has 3 aliphatic heterocycles. The maximum atomic E-state index is 13.5. The van der Waals surface area contributed by atoms with E-state index in [2.05, 4.69) is 104 Å². The molecule has 12 N–H and O–H groups in total. The summed E-state index contributed by atoms with van der Waals surface area (Å²) in [5.74, 6) is -0.298. The molecule has 17 atom stereocenters. The first-order chi connectivity index (χ1) is 48.3. The van der Waals surface area contributed by atoms with Gasteiger partial charge in [0.2, 0.25) is 5.91 Å². The molecule has 0 aromatic carbocycles. The number of allylic oxidation sites excluding steroid dienone is 15. The first kappa shape index (κ1) is 89.9. The van der Waals surface area contributed by atoms with Crippen molar-refractivity contribution in [3.05, 3.63) is 97.2 Å². The van der Waals surface area contributed by atoms with E-state index >= 15 is 0 Å². The van der Waals surface area contributed by atoms with Crippen LogP contribution < -0.4 is 5.32 Å². The van der Waals surface area contributed by atoms with Crippen LogP contribution in [0.4, 0.5) is 0 Å². The lowest BCUT2D eigenvalue weighted by molar-refractivity contribution is -0.379. The predicted molar refractivity (Wildman–Crippen MR) is 392 cm³/mol. The standard InChI is InChI=1S/C80H139NO18/c1-3-5-7-9-11-13-15-17-19-21-23-25-27-29-30-31-32-34-35-37-39-41-43-45-47-49-51-53-55-57-64(85)63(81-68(86)58-56-54-52-50-48-46-44-42-40-38-36-33-28-26-24-22-20-18-16-14-12-10-8-6-4-2)62-94-78-74(92)71(89)76(66(60-83)96-78)99-80-75(93)72(90)77(67(61-84)97-80)98-79-73(91)70(88)69(87)65(59-82)95-79/h6,8,12,14,18,20,24,26,33,36,39,41,47,49,55,57,63-67,69-80,82-85,87-93H,3-5,7,9-11,13,15-17,19,21-23,25,27-32,34-35,37-38,40,42-46,48,50-54,56,58-62H2,1-2H3,(H,81,86)/b8-6-,14-12-,20-18-,26-24-,36-33-,41-39+,49-47+,57-55+. The molecular weight excluding hydrogens is 1260 g/mol. The first-order valence-electron chi connectivity index (χ1n) is 39.0. The van der Waals surface area contributed by atoms with Crippen molar-refractivity contribution in [3.8, 4) is 0 Å². The number of nitrogens with one attached hydrogen (secondary N) is 1. The summed E-state index contributed by atoms with van der Waals surface area (Å²) in [6, 6.07) is -1.01. The third-order valence-corrected chi connectivity index (χ3v) is 18.8. The number of carbonyl (C=O) groups excluding carboxylic acids is 1. The Balaban J connectivity index is 1.42. The van der Waals surface area contributed by atoms with E-state index in [0.29, 0.717) is 12.8 Å². The molecule has 572 valence electrons. The molecule has 3 saturated heterocycles. The molecule has 0 radical (unpaired) electrons. The molecule has 0 saturated carbocycles. The molecular formula is C80H139NO18. The van der Waals surface area contributed by atoms with E-state index < -0.39 is 124 Å². The Kier molecular flexibility index (Phi) is 54.5. The number of rotatable bonds is 60. The summed E-state index contributed by atoms with van der Waals surface area (Å²) in [5.41, 5.74) is 0. The van der Waals surface area contributed by atoms with Gasteiger partial charge in [-0.15, -0.1) is 0 Å². The van der Waals surface area contributed by atoms with Gasteiger partial charge in [0.1, 0.15) is 73.2 Å². The summed E-state index contributed by atoms with van der Waals surface area (Å²) in [6.07, 6.45) is 53.9. The Hall–Kier alpha value is -3.29. The summed E-state index contributed by atoms with van der Waals surface area (Å²) in [6.45, 7) is 1.61. The zero-order valence-corrected chi connectivity index (χ0v) is 60.9. The van der Waals surface area contributed by atoms with Gasteiger partial charge in [-0.1, -0.05) is 272 Å². The summed E-state index contributed by atoms with van der Waals surface area (Å²) < 4.78 is 34.4. The van der Waals surface area contributed by atoms with E-state index in [9.17, 15) is 61.0 Å². The van der Waals surface area contributed by atoms with Gasteiger partial charge < -0.3 is 89.9 Å². The largest absolute Gasteiger partial charge is 0.394 e. The highest BCUT2D eigenvalue weighted by Gasteiger charge is 2.53. The second-order valence-electron chi connectivity index (χ2n) is 27.4. The number of hydrogen-bond donors (Lipinski definition) is 12. The quantitative estimate of drug-likeness (QED) is 0.0199. The zero-order chi connectivity index (χ0) is 71.8. The maximum Gasteiger partial charge on any atom is 0.220 e. The van der Waals surface area contributed by atoms with Gasteiger partial charge in [-0.3, -0.25) is 4.79 Å². The smallest absolute Gasteiger partial charge is 0.220 e. The molecule has 0 aliphatic carbocycles. The van der Waals surface area contributed by atoms with E-state index in [0.717, 1.165) is 89.9 Å². The van der Waals surface area contributed by atoms with Gasteiger partial charge in [-0.25, -0.2) is 0 Å². The van der Waals surface area contributed by atoms with Crippen LogP contribution in [0.25, 0.3) is 0 Å². The molecule has 0 bridgehead atoms. The van der Waals surface area contributed by atoms with Crippen LogP contribution in [0.1, 0.15) is 271 Å². The van der Waals surface area contributed by atoms with E-state index in [4.69, 9.17) is 28.4 Å². The number of amides is 1. The number of hydrogen-bond acceptors (Lipinski definition) is 18. The van der Waals surface area contributed by atoms with Gasteiger partial charge >= 0.3 is 0 Å². The topological polar surface area (TPSA) is 307 Å². The molecule has 99 heavy (non-hydrogen) atoms. The van der Waals surface area contributed by atoms with Gasteiger partial charge in [-0.2, -0.15) is 0 Å². The molecule has 0 aromatic rings. The fourth-order valence-corrected chi connectivity index (χ4v) is 12.6. The molecule has 0 aromatic heterocycles. The SMILES string of the molecule is CC/C=C\C/C=C\C/C=C\C/C=C\C/C=C\CCCCCCCCCCCC(=O)NC(COC1OC(CO)C(OC2OC(CO)C(OC3OC(CO)C(O)C(O)C3O)C(O)C2O)C(O)C1O)C(O)/C=C/CC/C=C/CC/C=C/CCCCCCCCCCCCCCCCCCCCC. The second-order valence-corrected chi connectivity index (χ2v) is 27.4. The molecule has 3 fully saturated rings. The Morgan fingerprint density at radius 1 is 0.374 bits per heavy atom. The normalized spacial score (nSPS) is 27.1. The minimum Gasteiger partial charge on any atom is -0.394 e. The van der Waals surface area contributed by atoms with Crippen LogP contribution >= 0.6 is 0 Å². The van der Waals surface area contributed by atoms with Crippen molar-refractivity contribution in [3.63, 3.8) is 0 Å². The molecule has 17 unspecified atom stereocenters. The average Bonchev–Trinajstić information content (AvgIpc) is 0.755. The van der Waals surface area contributed by atoms with E-state index in [1.54, 1.807) is 6.08 Å². The fraction of sp³-hybridized carbons (Fsp3) is 0.787. The lowest BCUT2D eigenvalue weighted by Crippen LogP contribution is -2.66. The third kappa shape index (κ3) is 40.5. The van der Waals surface area contributed by atoms with Gasteiger partial charge in [0.05, 0.1) is 38.6 Å². The lowest BCUT2D eigenvalue weighted by atomic mass is 9.96. The van der Waals surface area contributed by atoms with Crippen molar-refractivity contribution < 1.29 is 89.4 Å². The fourth-order valence-electron chi connectivity index (χ4n) is 12.6. The highest BCUT2D eigenvalue weighted by molar-refractivity contribution is 5.76. The molecule has 19 heteroatoms. The number of carbonyl (C=O) groups is 1. The van der Waals surface area contributed by atoms with Crippen LogP contribution in [0, 0.1) is 0 Å². The number of ether oxygens (including phenoxy) is 6. The number of aliphatic hydroxyl groups excluding tert-OH is 11. The van der Waals surface area contributed by atoms with Crippen LogP contribution in [0.3, 0.4) is 0 Å². The van der Waals surface area contributed by atoms with Crippen molar-refractivity contribution in [2.24, 2.45) is 0 Å². The summed E-state index contributed by atoms with van der Waals surface area (Å²) in [7, 11) is 0. The van der Waals surface area contributed by atoms with Crippen LogP contribution in [0.2, 0.25) is 0 Å². The summed E-state index contributed by atoms with van der Waals surface area (Å²) in [5, 5.41) is 121. The van der Waals surface area contributed by atoms with E-state index in [-0.39, 0.29) is 18.9 Å². The number of unbranched alkanes of at least 4 members (excludes halogenated alkanes) is 30. The third-order valence-electron chi connectivity index (χ3n) is 18.8. The van der Waals surface area contributed by atoms with Crippen LogP contribution in [0.5, 0.6) is 0 Å². The molecule has 3 aliphatic rings. The second kappa shape index (κ2) is 60.0. The van der Waals surface area contributed by atoms with Crippen molar-refractivity contribution in [2.75, 3.05) is 26.4 Å². The Bertz CT molecular complexity index is 2170. The van der Waals surface area contributed by atoms with Gasteiger partial charge in [0.15, 0.2) is 18.9 Å². The molecule has 3 heterocycles. The van der Waals surface area contributed by atoms with Crippen LogP contribution in [-0.4, -0.2) is 193 Å². The van der Waals surface area contributed by atoms with Crippen LogP contribution in [0.15, 0.2) is 97.2 Å². The van der Waals surface area contributed by atoms with Crippen LogP contribution in [-0.2, 0) is 33.2 Å². The monoisotopic (exact) mass is 1400 g/mol. The van der Waals surface area contributed by atoms with Crippen molar-refractivity contribution in [1.82, 2.24) is 5.32 Å². The molecule has 3 rings (SSSR count). The van der Waals surface area contributed by atoms with Gasteiger partial charge in [-0.05, 0) is 89.9 Å². The van der Waals surface area contributed by atoms with Gasteiger partial charge in [0.25, 0.3) is 0 Å². The average molecular weight is 1400 g/mol. The van der Waals surface area contributed by atoms with Crippen molar-refractivity contribution in [1.29, 1.82) is 0 Å². The summed E-state index contributed by atoms with van der Waals surface area (Å²) in [4.78, 5) is 13.5. The first-order valence-corrected chi connectivity index (χ1v) is 39.0. The minimum atomic E-state index is -1.99. The predicted octanol–water partition coefficient (Wildman–Crippen LogP) is 12.4. The zero-order valence-electron chi connectivity index (χ0n) is 60.9. The molecule has 19 nitrogen and oxygen atoms in total. The lowest BCUT2D eigenvalue weighted by Gasteiger charge is -2.48. The highest BCUT2D eigenvalue weighted by atomic mass is 16.8. The number of aliphatic hydroxyl groups is 11. The Labute approximate surface area is 596 Å². The van der Waals surface area contributed by atoms with Gasteiger partial charge in [0, 0.05) is 6.42 Å². The van der Waals surface area contributed by atoms with Crippen molar-refractivity contribution >= 4 is 5.91 Å². The maximum absolute atomic E-state index is 13.5.